The van der Waals surface area contributed by atoms with E-state index in [9.17, 15) is 9.50 Å². The van der Waals surface area contributed by atoms with Crippen molar-refractivity contribution in [2.45, 2.75) is 49.9 Å². The number of hydrogen-bond donors (Lipinski definition) is 1. The van der Waals surface area contributed by atoms with Crippen molar-refractivity contribution in [3.63, 3.8) is 0 Å². The third-order valence-electron chi connectivity index (χ3n) is 5.84. The number of halogens is 1. The van der Waals surface area contributed by atoms with Crippen molar-refractivity contribution in [2.24, 2.45) is 0 Å². The zero-order chi connectivity index (χ0) is 19.0. The van der Waals surface area contributed by atoms with E-state index in [4.69, 9.17) is 9.47 Å². The second-order valence-electron chi connectivity index (χ2n) is 7.37. The predicted molar refractivity (Wildman–Crippen MR) is 97.0 cm³/mol. The van der Waals surface area contributed by atoms with Gasteiger partial charge < -0.3 is 14.6 Å². The van der Waals surface area contributed by atoms with Crippen molar-refractivity contribution in [2.75, 3.05) is 14.2 Å². The first kappa shape index (κ1) is 18.1. The second-order valence-corrected chi connectivity index (χ2v) is 7.37. The molecule has 2 fully saturated rings. The van der Waals surface area contributed by atoms with Crippen LogP contribution in [0, 0.1) is 5.82 Å². The van der Waals surface area contributed by atoms with Crippen molar-refractivity contribution >= 4 is 0 Å². The highest BCUT2D eigenvalue weighted by Crippen LogP contribution is 2.48. The molecule has 0 amide bonds. The molecule has 2 aliphatic heterocycles. The first-order valence-electron chi connectivity index (χ1n) is 9.21. The standard InChI is InChI=1S/C20H24FN3O3/c1-26-18-16(11-22-19(23-18)27-2)20(25)9-14-7-8-15(10-20)24(14)12-13-5-3-4-6-17(13)21/h3-6,11,14-15,25H,7-10,12H2,1-2H3. The average Bonchev–Trinajstić information content (AvgIpc) is 2.93. The van der Waals surface area contributed by atoms with Gasteiger partial charge in [-0.25, -0.2) is 9.37 Å². The largest absolute Gasteiger partial charge is 0.481 e. The van der Waals surface area contributed by atoms with Gasteiger partial charge >= 0.3 is 6.01 Å². The minimum absolute atomic E-state index is 0.178. The topological polar surface area (TPSA) is 67.7 Å². The van der Waals surface area contributed by atoms with Crippen LogP contribution in [0.3, 0.4) is 0 Å². The molecule has 2 aromatic rings. The maximum absolute atomic E-state index is 14.1. The highest BCUT2D eigenvalue weighted by molar-refractivity contribution is 5.33. The van der Waals surface area contributed by atoms with Gasteiger partial charge in [-0.05, 0) is 31.7 Å². The lowest BCUT2D eigenvalue weighted by Crippen LogP contribution is -2.49. The molecule has 0 spiro atoms. The Bertz CT molecular complexity index is 818. The Hall–Kier alpha value is -2.25. The molecule has 2 unspecified atom stereocenters. The van der Waals surface area contributed by atoms with E-state index in [2.05, 4.69) is 14.9 Å². The van der Waals surface area contributed by atoms with E-state index >= 15 is 0 Å². The van der Waals surface area contributed by atoms with Gasteiger partial charge in [-0.15, -0.1) is 0 Å². The summed E-state index contributed by atoms with van der Waals surface area (Å²) < 4.78 is 24.5. The molecule has 1 N–H and O–H groups in total. The van der Waals surface area contributed by atoms with Gasteiger partial charge in [0.15, 0.2) is 0 Å². The van der Waals surface area contributed by atoms with Crippen molar-refractivity contribution < 1.29 is 19.0 Å². The Morgan fingerprint density at radius 3 is 2.52 bits per heavy atom. The molecule has 1 aromatic carbocycles. The normalized spacial score (nSPS) is 27.6. The molecule has 2 bridgehead atoms. The lowest BCUT2D eigenvalue weighted by molar-refractivity contribution is -0.0614. The van der Waals surface area contributed by atoms with Crippen LogP contribution in [0.5, 0.6) is 11.9 Å². The van der Waals surface area contributed by atoms with Gasteiger partial charge in [-0.2, -0.15) is 4.98 Å². The summed E-state index contributed by atoms with van der Waals surface area (Å²) >= 11 is 0. The third-order valence-corrected chi connectivity index (χ3v) is 5.84. The summed E-state index contributed by atoms with van der Waals surface area (Å²) in [6, 6.07) is 7.46. The minimum atomic E-state index is -1.06. The number of rotatable bonds is 5. The van der Waals surface area contributed by atoms with Crippen molar-refractivity contribution in [1.82, 2.24) is 14.9 Å². The SMILES string of the molecule is COc1ncc(C2(O)CC3CCC(C2)N3Cc2ccccc2F)c(OC)n1. The second kappa shape index (κ2) is 7.05. The number of aromatic nitrogens is 2. The van der Waals surface area contributed by atoms with Crippen molar-refractivity contribution in [3.8, 4) is 11.9 Å². The molecule has 4 rings (SSSR count). The quantitative estimate of drug-likeness (QED) is 0.869. The van der Waals surface area contributed by atoms with Crippen LogP contribution in [0.25, 0.3) is 0 Å². The van der Waals surface area contributed by atoms with Gasteiger partial charge in [0, 0.05) is 30.4 Å². The summed E-state index contributed by atoms with van der Waals surface area (Å²) in [7, 11) is 3.02. The molecule has 0 radical (unpaired) electrons. The lowest BCUT2D eigenvalue weighted by atomic mass is 9.81. The number of nitrogens with zero attached hydrogens (tertiary/aromatic N) is 3. The zero-order valence-electron chi connectivity index (χ0n) is 15.6. The van der Waals surface area contributed by atoms with Crippen LogP contribution in [0.2, 0.25) is 0 Å². The van der Waals surface area contributed by atoms with E-state index < -0.39 is 5.60 Å². The van der Waals surface area contributed by atoms with Crippen LogP contribution in [-0.2, 0) is 12.1 Å². The first-order valence-corrected chi connectivity index (χ1v) is 9.21. The van der Waals surface area contributed by atoms with Crippen LogP contribution in [0.4, 0.5) is 4.39 Å². The maximum Gasteiger partial charge on any atom is 0.319 e. The van der Waals surface area contributed by atoms with Gasteiger partial charge in [-0.3, -0.25) is 4.90 Å². The fourth-order valence-corrected chi connectivity index (χ4v) is 4.54. The van der Waals surface area contributed by atoms with Crippen LogP contribution in [0.15, 0.2) is 30.5 Å². The number of piperidine rings is 1. The summed E-state index contributed by atoms with van der Waals surface area (Å²) in [5.74, 6) is 0.161. The highest BCUT2D eigenvalue weighted by atomic mass is 19.1. The van der Waals surface area contributed by atoms with E-state index in [-0.39, 0.29) is 23.9 Å². The molecule has 6 nitrogen and oxygen atoms in total. The summed E-state index contributed by atoms with van der Waals surface area (Å²) in [6.07, 6.45) is 4.66. The minimum Gasteiger partial charge on any atom is -0.481 e. The van der Waals surface area contributed by atoms with E-state index in [1.54, 1.807) is 12.3 Å². The summed E-state index contributed by atoms with van der Waals surface area (Å²) in [4.78, 5) is 10.7. The average molecular weight is 373 g/mol. The van der Waals surface area contributed by atoms with Gasteiger partial charge in [0.05, 0.1) is 25.4 Å². The lowest BCUT2D eigenvalue weighted by Gasteiger charge is -2.44. The number of methoxy groups -OCH3 is 2. The number of ether oxygens (including phenoxy) is 2. The molecule has 2 atom stereocenters. The fourth-order valence-electron chi connectivity index (χ4n) is 4.54. The molecular formula is C20H24FN3O3. The van der Waals surface area contributed by atoms with Crippen molar-refractivity contribution in [1.29, 1.82) is 0 Å². The maximum atomic E-state index is 14.1. The number of fused-ring (bicyclic) bond motifs is 2. The van der Waals surface area contributed by atoms with E-state index in [0.29, 0.717) is 36.4 Å². The number of aliphatic hydroxyl groups is 1. The van der Waals surface area contributed by atoms with Gasteiger partial charge in [0.25, 0.3) is 0 Å². The fraction of sp³-hybridized carbons (Fsp3) is 0.500. The van der Waals surface area contributed by atoms with Crippen molar-refractivity contribution in [3.05, 3.63) is 47.4 Å². The Labute approximate surface area is 158 Å². The molecule has 0 aliphatic carbocycles. The Kier molecular flexibility index (Phi) is 4.74. The molecule has 144 valence electrons. The number of benzene rings is 1. The predicted octanol–water partition coefficient (Wildman–Crippen LogP) is 2.65. The molecule has 2 aliphatic rings. The van der Waals surface area contributed by atoms with Crippen LogP contribution >= 0.6 is 0 Å². The van der Waals surface area contributed by atoms with E-state index in [1.807, 2.05) is 12.1 Å². The Morgan fingerprint density at radius 2 is 1.89 bits per heavy atom. The zero-order valence-corrected chi connectivity index (χ0v) is 15.6. The van der Waals surface area contributed by atoms with Crippen LogP contribution in [0.1, 0.15) is 36.8 Å². The first-order chi connectivity index (χ1) is 13.0. The molecule has 0 saturated carbocycles. The summed E-state index contributed by atoms with van der Waals surface area (Å²) in [5, 5.41) is 11.4. The third kappa shape index (κ3) is 3.26. The highest BCUT2D eigenvalue weighted by Gasteiger charge is 2.49. The smallest absolute Gasteiger partial charge is 0.319 e. The van der Waals surface area contributed by atoms with Gasteiger partial charge in [0.2, 0.25) is 5.88 Å². The van der Waals surface area contributed by atoms with E-state index in [1.165, 1.54) is 20.3 Å². The molecule has 3 heterocycles. The van der Waals surface area contributed by atoms with Gasteiger partial charge in [0.1, 0.15) is 5.82 Å². The number of hydrogen-bond acceptors (Lipinski definition) is 6. The Balaban J connectivity index is 1.59. The molecular weight excluding hydrogens is 349 g/mol. The monoisotopic (exact) mass is 373 g/mol. The molecule has 27 heavy (non-hydrogen) atoms. The van der Waals surface area contributed by atoms with Gasteiger partial charge in [-0.1, -0.05) is 18.2 Å². The van der Waals surface area contributed by atoms with Crippen LogP contribution in [-0.4, -0.2) is 46.3 Å². The molecule has 7 heteroatoms. The Morgan fingerprint density at radius 1 is 1.19 bits per heavy atom. The molecule has 2 saturated heterocycles. The van der Waals surface area contributed by atoms with E-state index in [0.717, 1.165) is 12.8 Å². The summed E-state index contributed by atoms with van der Waals surface area (Å²) in [5.41, 5.74) is 0.230. The van der Waals surface area contributed by atoms with Crippen LogP contribution < -0.4 is 9.47 Å². The molecule has 1 aromatic heterocycles. The summed E-state index contributed by atoms with van der Waals surface area (Å²) in [6.45, 7) is 0.564.